The molecule has 0 radical (unpaired) electrons. The second-order valence-electron chi connectivity index (χ2n) is 4.06. The van der Waals surface area contributed by atoms with Crippen molar-refractivity contribution in [3.8, 4) is 0 Å². The summed E-state index contributed by atoms with van der Waals surface area (Å²) >= 11 is 0. The van der Waals surface area contributed by atoms with E-state index in [0.717, 1.165) is 11.7 Å². The zero-order chi connectivity index (χ0) is 12.1. The number of allylic oxidation sites excluding steroid dienone is 1. The molecule has 0 unspecified atom stereocenters. The number of rotatable bonds is 5. The third-order valence-corrected chi connectivity index (χ3v) is 2.48. The summed E-state index contributed by atoms with van der Waals surface area (Å²) in [6.45, 7) is 4.97. The van der Waals surface area contributed by atoms with Gasteiger partial charge in [-0.1, -0.05) is 11.3 Å². The molecule has 0 aromatic carbocycles. The third kappa shape index (κ3) is 3.58. The van der Waals surface area contributed by atoms with Gasteiger partial charge in [-0.05, 0) is 12.8 Å². The number of nitrogens with zero attached hydrogens (tertiary/aromatic N) is 4. The number of aliphatic imine (C=N–C) groups is 1. The number of nitrogens with one attached hydrogen (secondary N) is 2. The van der Waals surface area contributed by atoms with E-state index in [9.17, 15) is 0 Å². The predicted molar refractivity (Wildman–Crippen MR) is 66.6 cm³/mol. The van der Waals surface area contributed by atoms with Crippen LogP contribution in [0.5, 0.6) is 0 Å². The van der Waals surface area contributed by atoms with Crippen LogP contribution in [-0.2, 0) is 13.1 Å². The molecule has 0 bridgehead atoms. The van der Waals surface area contributed by atoms with Crippen LogP contribution in [0, 0.1) is 0 Å². The highest BCUT2D eigenvalue weighted by atomic mass is 15.4. The highest BCUT2D eigenvalue weighted by Crippen LogP contribution is 2.18. The van der Waals surface area contributed by atoms with Crippen LogP contribution in [0.4, 0.5) is 0 Å². The summed E-state index contributed by atoms with van der Waals surface area (Å²) in [6.07, 6.45) is 6.16. The average Bonchev–Trinajstić information content (AvgIpc) is 3.04. The topological polar surface area (TPSA) is 67.1 Å². The fraction of sp³-hybridized carbons (Fsp3) is 0.545. The quantitative estimate of drug-likeness (QED) is 0.436. The first-order valence-electron chi connectivity index (χ1n) is 5.79. The van der Waals surface area contributed by atoms with Gasteiger partial charge in [-0.15, -0.1) is 11.7 Å². The Labute approximate surface area is 101 Å². The van der Waals surface area contributed by atoms with Crippen molar-refractivity contribution < 1.29 is 0 Å². The van der Waals surface area contributed by atoms with Gasteiger partial charge in [0.1, 0.15) is 5.69 Å². The molecule has 1 aromatic rings. The van der Waals surface area contributed by atoms with Gasteiger partial charge in [0.25, 0.3) is 0 Å². The number of hydrogen-bond acceptors (Lipinski definition) is 3. The van der Waals surface area contributed by atoms with Crippen LogP contribution in [0.2, 0.25) is 0 Å². The fourth-order valence-electron chi connectivity index (χ4n) is 1.43. The van der Waals surface area contributed by atoms with E-state index in [-0.39, 0.29) is 0 Å². The molecule has 1 aliphatic rings. The highest BCUT2D eigenvalue weighted by molar-refractivity contribution is 5.80. The standard InChI is InChI=1S/C11H18N6/c1-3-6-17-8-10(15-16-17)7-13-11(12-2)14-9-4-5-9/h3,8-9H,1,4-7H2,2H3,(H2,12,13,14). The summed E-state index contributed by atoms with van der Waals surface area (Å²) in [5, 5.41) is 14.6. The maximum Gasteiger partial charge on any atom is 0.191 e. The minimum Gasteiger partial charge on any atom is -0.354 e. The van der Waals surface area contributed by atoms with Crippen LogP contribution < -0.4 is 10.6 Å². The maximum absolute atomic E-state index is 4.15. The Hall–Kier alpha value is -1.85. The Morgan fingerprint density at radius 2 is 2.53 bits per heavy atom. The molecule has 6 nitrogen and oxygen atoms in total. The molecule has 1 saturated carbocycles. The molecule has 0 spiro atoms. The Morgan fingerprint density at radius 1 is 1.71 bits per heavy atom. The van der Waals surface area contributed by atoms with Gasteiger partial charge in [0.05, 0.1) is 19.3 Å². The minimum absolute atomic E-state index is 0.595. The van der Waals surface area contributed by atoms with E-state index in [1.165, 1.54) is 12.8 Å². The highest BCUT2D eigenvalue weighted by Gasteiger charge is 2.22. The molecule has 0 amide bonds. The second kappa shape index (κ2) is 5.47. The van der Waals surface area contributed by atoms with Gasteiger partial charge < -0.3 is 10.6 Å². The monoisotopic (exact) mass is 234 g/mol. The molecule has 1 fully saturated rings. The summed E-state index contributed by atoms with van der Waals surface area (Å²) in [6, 6.07) is 0.595. The van der Waals surface area contributed by atoms with Crippen LogP contribution in [-0.4, -0.2) is 34.0 Å². The number of guanidine groups is 1. The zero-order valence-corrected chi connectivity index (χ0v) is 10.1. The lowest BCUT2D eigenvalue weighted by molar-refractivity contribution is 0.661. The lowest BCUT2D eigenvalue weighted by Gasteiger charge is -2.09. The summed E-state index contributed by atoms with van der Waals surface area (Å²) in [5.41, 5.74) is 0.894. The van der Waals surface area contributed by atoms with Gasteiger partial charge in [0.15, 0.2) is 5.96 Å². The molecule has 17 heavy (non-hydrogen) atoms. The Morgan fingerprint density at radius 3 is 3.18 bits per heavy atom. The van der Waals surface area contributed by atoms with E-state index >= 15 is 0 Å². The zero-order valence-electron chi connectivity index (χ0n) is 10.1. The van der Waals surface area contributed by atoms with E-state index in [1.54, 1.807) is 17.8 Å². The summed E-state index contributed by atoms with van der Waals surface area (Å²) in [5.74, 6) is 0.825. The van der Waals surface area contributed by atoms with Crippen molar-refractivity contribution in [2.75, 3.05) is 7.05 Å². The first-order valence-corrected chi connectivity index (χ1v) is 5.79. The van der Waals surface area contributed by atoms with Crippen molar-refractivity contribution in [1.29, 1.82) is 0 Å². The minimum atomic E-state index is 0.595. The maximum atomic E-state index is 4.15. The first kappa shape index (κ1) is 11.6. The van der Waals surface area contributed by atoms with E-state index in [1.807, 2.05) is 6.20 Å². The molecule has 2 N–H and O–H groups in total. The Balaban J connectivity index is 1.80. The molecule has 1 aromatic heterocycles. The molecule has 6 heteroatoms. The largest absolute Gasteiger partial charge is 0.354 e. The number of hydrogen-bond donors (Lipinski definition) is 2. The summed E-state index contributed by atoms with van der Waals surface area (Å²) < 4.78 is 1.75. The van der Waals surface area contributed by atoms with Crippen molar-refractivity contribution in [3.63, 3.8) is 0 Å². The molecule has 2 rings (SSSR count). The molecule has 92 valence electrons. The van der Waals surface area contributed by atoms with Crippen LogP contribution >= 0.6 is 0 Å². The van der Waals surface area contributed by atoms with Crippen LogP contribution in [0.15, 0.2) is 23.8 Å². The Bertz CT molecular complexity index is 404. The van der Waals surface area contributed by atoms with E-state index < -0.39 is 0 Å². The van der Waals surface area contributed by atoms with E-state index in [2.05, 4.69) is 32.5 Å². The summed E-state index contributed by atoms with van der Waals surface area (Å²) in [4.78, 5) is 4.15. The Kier molecular flexibility index (Phi) is 3.74. The summed E-state index contributed by atoms with van der Waals surface area (Å²) in [7, 11) is 1.77. The number of aromatic nitrogens is 3. The van der Waals surface area contributed by atoms with Crippen molar-refractivity contribution in [1.82, 2.24) is 25.6 Å². The van der Waals surface area contributed by atoms with E-state index in [4.69, 9.17) is 0 Å². The smallest absolute Gasteiger partial charge is 0.191 e. The predicted octanol–water partition coefficient (Wildman–Crippen LogP) is 0.291. The average molecular weight is 234 g/mol. The second-order valence-corrected chi connectivity index (χ2v) is 4.06. The van der Waals surface area contributed by atoms with Crippen LogP contribution in [0.1, 0.15) is 18.5 Å². The fourth-order valence-corrected chi connectivity index (χ4v) is 1.43. The SMILES string of the molecule is C=CCn1cc(CNC(=NC)NC2CC2)nn1. The molecule has 1 aliphatic carbocycles. The van der Waals surface area contributed by atoms with Gasteiger partial charge in [-0.3, -0.25) is 4.99 Å². The normalized spacial score (nSPS) is 15.7. The van der Waals surface area contributed by atoms with Crippen molar-refractivity contribution in [2.24, 2.45) is 4.99 Å². The van der Waals surface area contributed by atoms with Gasteiger partial charge in [0.2, 0.25) is 0 Å². The van der Waals surface area contributed by atoms with Crippen LogP contribution in [0.25, 0.3) is 0 Å². The molecule has 0 atom stereocenters. The van der Waals surface area contributed by atoms with E-state index in [0.29, 0.717) is 19.1 Å². The third-order valence-electron chi connectivity index (χ3n) is 2.48. The molecular formula is C11H18N6. The molecule has 1 heterocycles. The molecule has 0 aliphatic heterocycles. The van der Waals surface area contributed by atoms with Crippen LogP contribution in [0.3, 0.4) is 0 Å². The lowest BCUT2D eigenvalue weighted by atomic mass is 10.4. The van der Waals surface area contributed by atoms with Gasteiger partial charge in [-0.25, -0.2) is 4.68 Å². The molecular weight excluding hydrogens is 216 g/mol. The lowest BCUT2D eigenvalue weighted by Crippen LogP contribution is -2.38. The van der Waals surface area contributed by atoms with Gasteiger partial charge >= 0.3 is 0 Å². The van der Waals surface area contributed by atoms with Gasteiger partial charge in [-0.2, -0.15) is 0 Å². The first-order chi connectivity index (χ1) is 8.31. The van der Waals surface area contributed by atoms with Gasteiger partial charge in [0, 0.05) is 13.1 Å². The van der Waals surface area contributed by atoms with Crippen molar-refractivity contribution in [2.45, 2.75) is 32.0 Å². The van der Waals surface area contributed by atoms with Crippen molar-refractivity contribution in [3.05, 3.63) is 24.5 Å². The van der Waals surface area contributed by atoms with Crippen molar-refractivity contribution >= 4 is 5.96 Å². The molecule has 0 saturated heterocycles.